The molecule has 118 valence electrons. The zero-order valence-corrected chi connectivity index (χ0v) is 12.9. The molecule has 1 aromatic carbocycles. The van der Waals surface area contributed by atoms with E-state index in [4.69, 9.17) is 9.15 Å². The summed E-state index contributed by atoms with van der Waals surface area (Å²) in [6, 6.07) is 3.53. The number of rotatable bonds is 2. The van der Waals surface area contributed by atoms with E-state index in [0.717, 1.165) is 0 Å². The Hall–Kier alpha value is -2.08. The number of furan rings is 1. The van der Waals surface area contributed by atoms with Gasteiger partial charge in [-0.05, 0) is 19.9 Å². The van der Waals surface area contributed by atoms with Crippen LogP contribution in [0.3, 0.4) is 0 Å². The van der Waals surface area contributed by atoms with Crippen molar-refractivity contribution in [1.82, 2.24) is 5.32 Å². The highest BCUT2D eigenvalue weighted by Crippen LogP contribution is 2.30. The number of fused-ring (bicyclic) bond motifs is 1. The van der Waals surface area contributed by atoms with E-state index in [1.54, 1.807) is 6.07 Å². The summed E-state index contributed by atoms with van der Waals surface area (Å²) in [6.07, 6.45) is 1.31. The molecule has 2 aromatic rings. The molecule has 0 amide bonds. The maximum Gasteiger partial charge on any atom is 0.341 e. The number of methoxy groups -OCH3 is 1. The van der Waals surface area contributed by atoms with Gasteiger partial charge in [0, 0.05) is 36.6 Å². The third-order valence-electron chi connectivity index (χ3n) is 3.95. The summed E-state index contributed by atoms with van der Waals surface area (Å²) < 4.78 is 24.4. The summed E-state index contributed by atoms with van der Waals surface area (Å²) in [5, 5.41) is 3.98. The lowest BCUT2D eigenvalue weighted by atomic mass is 10.1. The van der Waals surface area contributed by atoms with Crippen LogP contribution in [0, 0.1) is 5.82 Å². The molecule has 1 aromatic heterocycles. The minimum atomic E-state index is -0.488. The van der Waals surface area contributed by atoms with Gasteiger partial charge in [0.15, 0.2) is 0 Å². The fraction of sp³-hybridized carbons (Fsp3) is 0.438. The lowest BCUT2D eigenvalue weighted by Crippen LogP contribution is -2.54. The Balaban J connectivity index is 2.05. The van der Waals surface area contributed by atoms with Crippen LogP contribution in [0.15, 0.2) is 22.8 Å². The monoisotopic (exact) mass is 306 g/mol. The van der Waals surface area contributed by atoms with Gasteiger partial charge in [-0.3, -0.25) is 0 Å². The number of ether oxygens (including phenoxy) is 1. The van der Waals surface area contributed by atoms with Crippen LogP contribution in [0.2, 0.25) is 0 Å². The molecule has 0 aliphatic carbocycles. The Morgan fingerprint density at radius 2 is 2.05 bits per heavy atom. The van der Waals surface area contributed by atoms with Crippen molar-refractivity contribution < 1.29 is 18.3 Å². The summed E-state index contributed by atoms with van der Waals surface area (Å²) in [4.78, 5) is 13.8. The molecule has 5 nitrogen and oxygen atoms in total. The smallest absolute Gasteiger partial charge is 0.341 e. The number of hydrogen-bond donors (Lipinski definition) is 1. The molecule has 1 N–H and O–H groups in total. The van der Waals surface area contributed by atoms with Gasteiger partial charge in [-0.15, -0.1) is 0 Å². The van der Waals surface area contributed by atoms with Gasteiger partial charge in [0.2, 0.25) is 0 Å². The predicted octanol–water partition coefficient (Wildman–Crippen LogP) is 2.55. The molecule has 3 rings (SSSR count). The number of carbonyl (C=O) groups is 1. The number of halogens is 1. The molecule has 2 unspecified atom stereocenters. The topological polar surface area (TPSA) is 54.7 Å². The number of piperazine rings is 1. The van der Waals surface area contributed by atoms with Crippen LogP contribution in [0.25, 0.3) is 11.0 Å². The minimum Gasteiger partial charge on any atom is -0.465 e. The van der Waals surface area contributed by atoms with Gasteiger partial charge < -0.3 is 19.4 Å². The van der Waals surface area contributed by atoms with Gasteiger partial charge in [-0.2, -0.15) is 0 Å². The highest BCUT2D eigenvalue weighted by atomic mass is 19.1. The Morgan fingerprint density at radius 1 is 1.36 bits per heavy atom. The van der Waals surface area contributed by atoms with E-state index in [-0.39, 0.29) is 17.9 Å². The van der Waals surface area contributed by atoms with Crippen molar-refractivity contribution in [3.63, 3.8) is 0 Å². The van der Waals surface area contributed by atoms with Gasteiger partial charge in [0.25, 0.3) is 0 Å². The molecule has 0 spiro atoms. The van der Waals surface area contributed by atoms with Gasteiger partial charge >= 0.3 is 5.97 Å². The maximum absolute atomic E-state index is 14.4. The quantitative estimate of drug-likeness (QED) is 0.864. The number of benzene rings is 1. The van der Waals surface area contributed by atoms with E-state index in [2.05, 4.69) is 19.2 Å². The van der Waals surface area contributed by atoms with E-state index in [9.17, 15) is 9.18 Å². The van der Waals surface area contributed by atoms with Crippen LogP contribution in [-0.4, -0.2) is 38.3 Å². The Labute approximate surface area is 128 Å². The first kappa shape index (κ1) is 14.8. The average molecular weight is 306 g/mol. The van der Waals surface area contributed by atoms with E-state index in [1.165, 1.54) is 19.4 Å². The largest absolute Gasteiger partial charge is 0.465 e. The first-order valence-corrected chi connectivity index (χ1v) is 7.29. The molecule has 0 bridgehead atoms. The highest BCUT2D eigenvalue weighted by Gasteiger charge is 2.25. The second kappa shape index (κ2) is 5.61. The van der Waals surface area contributed by atoms with Crippen LogP contribution in [0.1, 0.15) is 24.2 Å². The molecule has 0 radical (unpaired) electrons. The zero-order chi connectivity index (χ0) is 15.9. The first-order valence-electron chi connectivity index (χ1n) is 7.29. The van der Waals surface area contributed by atoms with E-state index in [1.807, 2.05) is 4.90 Å². The standard InChI is InChI=1S/C16H19FN2O3/c1-9-6-19(7-10(2)18-9)14-4-11-12(16(20)21-3)8-22-15(11)5-13(14)17/h4-5,8-10,18H,6-7H2,1-3H3. The predicted molar refractivity (Wildman–Crippen MR) is 81.8 cm³/mol. The van der Waals surface area contributed by atoms with Crippen molar-refractivity contribution in [1.29, 1.82) is 0 Å². The van der Waals surface area contributed by atoms with E-state index < -0.39 is 5.97 Å². The van der Waals surface area contributed by atoms with Crippen LogP contribution >= 0.6 is 0 Å². The summed E-state index contributed by atoms with van der Waals surface area (Å²) >= 11 is 0. The molecule has 2 heterocycles. The molecule has 1 aliphatic heterocycles. The van der Waals surface area contributed by atoms with Crippen molar-refractivity contribution in [3.8, 4) is 0 Å². The Bertz CT molecular complexity index is 703. The molecule has 1 aliphatic rings. The SMILES string of the molecule is COC(=O)c1coc2cc(F)c(N3CC(C)NC(C)C3)cc12. The maximum atomic E-state index is 14.4. The lowest BCUT2D eigenvalue weighted by molar-refractivity contribution is 0.0602. The fourth-order valence-corrected chi connectivity index (χ4v) is 3.07. The average Bonchev–Trinajstić information content (AvgIpc) is 2.87. The highest BCUT2D eigenvalue weighted by molar-refractivity contribution is 6.04. The second-order valence-electron chi connectivity index (χ2n) is 5.81. The summed E-state index contributed by atoms with van der Waals surface area (Å²) in [5.74, 6) is -0.835. The van der Waals surface area contributed by atoms with Crippen LogP contribution in [0.4, 0.5) is 10.1 Å². The zero-order valence-electron chi connectivity index (χ0n) is 12.9. The third kappa shape index (κ3) is 2.54. The second-order valence-corrected chi connectivity index (χ2v) is 5.81. The lowest BCUT2D eigenvalue weighted by Gasteiger charge is -2.37. The number of esters is 1. The van der Waals surface area contributed by atoms with Gasteiger partial charge in [0.05, 0.1) is 12.8 Å². The molecule has 22 heavy (non-hydrogen) atoms. The normalized spacial score (nSPS) is 22.1. The molecule has 0 saturated carbocycles. The van der Waals surface area contributed by atoms with Crippen molar-refractivity contribution >= 4 is 22.6 Å². The molecule has 1 fully saturated rings. The van der Waals surface area contributed by atoms with E-state index in [0.29, 0.717) is 35.3 Å². The molecule has 1 saturated heterocycles. The van der Waals surface area contributed by atoms with Crippen molar-refractivity contribution in [2.75, 3.05) is 25.1 Å². The number of hydrogen-bond acceptors (Lipinski definition) is 5. The number of anilines is 1. The molecule has 2 atom stereocenters. The first-order chi connectivity index (χ1) is 10.5. The Morgan fingerprint density at radius 3 is 2.68 bits per heavy atom. The van der Waals surface area contributed by atoms with Crippen molar-refractivity contribution in [2.24, 2.45) is 0 Å². The summed E-state index contributed by atoms with van der Waals surface area (Å²) in [7, 11) is 1.31. The number of nitrogens with zero attached hydrogens (tertiary/aromatic N) is 1. The van der Waals surface area contributed by atoms with E-state index >= 15 is 0 Å². The van der Waals surface area contributed by atoms with Crippen LogP contribution in [-0.2, 0) is 4.74 Å². The minimum absolute atomic E-state index is 0.267. The van der Waals surface area contributed by atoms with Crippen molar-refractivity contribution in [2.45, 2.75) is 25.9 Å². The fourth-order valence-electron chi connectivity index (χ4n) is 3.07. The third-order valence-corrected chi connectivity index (χ3v) is 3.95. The van der Waals surface area contributed by atoms with Crippen LogP contribution < -0.4 is 10.2 Å². The number of carbonyl (C=O) groups excluding carboxylic acids is 1. The van der Waals surface area contributed by atoms with Gasteiger partial charge in [0.1, 0.15) is 23.2 Å². The molecular formula is C16H19FN2O3. The summed E-state index contributed by atoms with van der Waals surface area (Å²) in [6.45, 7) is 5.55. The van der Waals surface area contributed by atoms with Crippen molar-refractivity contribution in [3.05, 3.63) is 29.8 Å². The van der Waals surface area contributed by atoms with Gasteiger partial charge in [-0.1, -0.05) is 0 Å². The van der Waals surface area contributed by atoms with Crippen LogP contribution in [0.5, 0.6) is 0 Å². The summed E-state index contributed by atoms with van der Waals surface area (Å²) in [5.41, 5.74) is 1.15. The van der Waals surface area contributed by atoms with Gasteiger partial charge in [-0.25, -0.2) is 9.18 Å². The number of nitrogens with one attached hydrogen (secondary N) is 1. The molecular weight excluding hydrogens is 287 g/mol. The Kier molecular flexibility index (Phi) is 3.78. The molecule has 6 heteroatoms.